The molecule has 29 heavy (non-hydrogen) atoms. The molecule has 2 rings (SSSR count). The molecule has 156 valence electrons. The molecule has 0 spiro atoms. The van der Waals surface area contributed by atoms with Crippen LogP contribution in [-0.4, -0.2) is 31.1 Å². The third-order valence-electron chi connectivity index (χ3n) is 4.56. The SMILES string of the molecule is CC(CCc1ccccc1)NC(=O)COC(=O)COc1ccc(C(C)(C)C)cc1. The highest BCUT2D eigenvalue weighted by atomic mass is 16.6. The van der Waals surface area contributed by atoms with E-state index in [1.54, 1.807) is 0 Å². The first-order valence-corrected chi connectivity index (χ1v) is 9.96. The number of aryl methyl sites for hydroxylation is 1. The van der Waals surface area contributed by atoms with E-state index in [9.17, 15) is 9.59 Å². The number of hydrogen-bond donors (Lipinski definition) is 1. The second kappa shape index (κ2) is 10.6. The molecule has 0 aliphatic carbocycles. The van der Waals surface area contributed by atoms with Crippen molar-refractivity contribution < 1.29 is 19.1 Å². The van der Waals surface area contributed by atoms with E-state index in [-0.39, 0.29) is 30.6 Å². The molecule has 2 aromatic rings. The first-order valence-electron chi connectivity index (χ1n) is 9.96. The number of carbonyl (C=O) groups excluding carboxylic acids is 2. The van der Waals surface area contributed by atoms with Crippen molar-refractivity contribution in [2.24, 2.45) is 0 Å². The van der Waals surface area contributed by atoms with Gasteiger partial charge >= 0.3 is 5.97 Å². The fourth-order valence-electron chi connectivity index (χ4n) is 2.80. The lowest BCUT2D eigenvalue weighted by atomic mass is 9.87. The summed E-state index contributed by atoms with van der Waals surface area (Å²) >= 11 is 0. The van der Waals surface area contributed by atoms with Crippen molar-refractivity contribution in [2.75, 3.05) is 13.2 Å². The molecule has 2 aromatic carbocycles. The van der Waals surface area contributed by atoms with Gasteiger partial charge in [-0.1, -0.05) is 63.2 Å². The molecule has 1 atom stereocenters. The van der Waals surface area contributed by atoms with Crippen LogP contribution >= 0.6 is 0 Å². The highest BCUT2D eigenvalue weighted by Gasteiger charge is 2.14. The van der Waals surface area contributed by atoms with Crippen molar-refractivity contribution in [3.63, 3.8) is 0 Å². The molecule has 0 aromatic heterocycles. The normalized spacial score (nSPS) is 12.1. The third-order valence-corrected chi connectivity index (χ3v) is 4.56. The van der Waals surface area contributed by atoms with Crippen LogP contribution in [0.4, 0.5) is 0 Å². The van der Waals surface area contributed by atoms with Gasteiger partial charge in [-0.05, 0) is 48.4 Å². The molecule has 1 N–H and O–H groups in total. The monoisotopic (exact) mass is 397 g/mol. The molecular weight excluding hydrogens is 366 g/mol. The number of nitrogens with one attached hydrogen (secondary N) is 1. The Morgan fingerprint density at radius 3 is 2.24 bits per heavy atom. The van der Waals surface area contributed by atoms with Crippen LogP contribution in [-0.2, 0) is 26.2 Å². The maximum atomic E-state index is 11.9. The topological polar surface area (TPSA) is 64.6 Å². The van der Waals surface area contributed by atoms with Crippen molar-refractivity contribution in [1.29, 1.82) is 0 Å². The average Bonchev–Trinajstić information content (AvgIpc) is 2.69. The van der Waals surface area contributed by atoms with Gasteiger partial charge in [-0.25, -0.2) is 4.79 Å². The fraction of sp³-hybridized carbons (Fsp3) is 0.417. The van der Waals surface area contributed by atoms with Gasteiger partial charge in [-0.2, -0.15) is 0 Å². The lowest BCUT2D eigenvalue weighted by Crippen LogP contribution is -2.36. The predicted octanol–water partition coefficient (Wildman–Crippen LogP) is 4.04. The molecule has 0 fully saturated rings. The number of rotatable bonds is 9. The second-order valence-electron chi connectivity index (χ2n) is 8.22. The quantitative estimate of drug-likeness (QED) is 0.649. The summed E-state index contributed by atoms with van der Waals surface area (Å²) in [6, 6.07) is 17.7. The van der Waals surface area contributed by atoms with Crippen LogP contribution in [0.1, 0.15) is 45.2 Å². The van der Waals surface area contributed by atoms with E-state index < -0.39 is 5.97 Å². The number of carbonyl (C=O) groups is 2. The molecule has 5 nitrogen and oxygen atoms in total. The van der Waals surface area contributed by atoms with Gasteiger partial charge in [0.05, 0.1) is 0 Å². The van der Waals surface area contributed by atoms with E-state index in [0.29, 0.717) is 5.75 Å². The zero-order chi connectivity index (χ0) is 21.3. The van der Waals surface area contributed by atoms with E-state index in [1.807, 2.05) is 49.4 Å². The minimum absolute atomic E-state index is 0.000936. The summed E-state index contributed by atoms with van der Waals surface area (Å²) < 4.78 is 10.4. The Hall–Kier alpha value is -2.82. The summed E-state index contributed by atoms with van der Waals surface area (Å²) in [7, 11) is 0. The summed E-state index contributed by atoms with van der Waals surface area (Å²) in [4.78, 5) is 23.8. The van der Waals surface area contributed by atoms with Gasteiger partial charge < -0.3 is 14.8 Å². The van der Waals surface area contributed by atoms with Gasteiger partial charge in [0.2, 0.25) is 0 Å². The van der Waals surface area contributed by atoms with E-state index in [4.69, 9.17) is 9.47 Å². The van der Waals surface area contributed by atoms with Crippen molar-refractivity contribution in [2.45, 2.75) is 52.0 Å². The van der Waals surface area contributed by atoms with Crippen LogP contribution in [0.3, 0.4) is 0 Å². The van der Waals surface area contributed by atoms with Gasteiger partial charge in [0.25, 0.3) is 5.91 Å². The Morgan fingerprint density at radius 1 is 0.966 bits per heavy atom. The predicted molar refractivity (Wildman–Crippen MR) is 114 cm³/mol. The van der Waals surface area contributed by atoms with Gasteiger partial charge in [0, 0.05) is 6.04 Å². The largest absolute Gasteiger partial charge is 0.482 e. The molecule has 0 saturated carbocycles. The number of ether oxygens (including phenoxy) is 2. The van der Waals surface area contributed by atoms with Crippen molar-refractivity contribution in [3.05, 3.63) is 65.7 Å². The molecular formula is C24H31NO4. The van der Waals surface area contributed by atoms with E-state index in [1.165, 1.54) is 11.1 Å². The summed E-state index contributed by atoms with van der Waals surface area (Å²) in [5.41, 5.74) is 2.47. The summed E-state index contributed by atoms with van der Waals surface area (Å²) in [5, 5.41) is 2.84. The second-order valence-corrected chi connectivity index (χ2v) is 8.22. The van der Waals surface area contributed by atoms with Crippen molar-refractivity contribution in [1.82, 2.24) is 5.32 Å². The lowest BCUT2D eigenvalue weighted by Gasteiger charge is -2.19. The minimum atomic E-state index is -0.572. The van der Waals surface area contributed by atoms with E-state index >= 15 is 0 Å². The van der Waals surface area contributed by atoms with Gasteiger partial charge in [0.1, 0.15) is 5.75 Å². The Morgan fingerprint density at radius 2 is 1.62 bits per heavy atom. The third kappa shape index (κ3) is 8.38. The average molecular weight is 398 g/mol. The summed E-state index contributed by atoms with van der Waals surface area (Å²) in [5.74, 6) is -0.292. The number of benzene rings is 2. The van der Waals surface area contributed by atoms with Crippen LogP contribution in [0.2, 0.25) is 0 Å². The minimum Gasteiger partial charge on any atom is -0.482 e. The molecule has 0 heterocycles. The Bertz CT molecular complexity index is 779. The molecule has 1 amide bonds. The zero-order valence-electron chi connectivity index (χ0n) is 17.7. The molecule has 0 radical (unpaired) electrons. The summed E-state index contributed by atoms with van der Waals surface area (Å²) in [6.07, 6.45) is 1.70. The van der Waals surface area contributed by atoms with E-state index in [2.05, 4.69) is 38.2 Å². The Balaban J connectivity index is 1.64. The number of esters is 1. The van der Waals surface area contributed by atoms with E-state index in [0.717, 1.165) is 12.8 Å². The Labute approximate surface area is 173 Å². The van der Waals surface area contributed by atoms with Gasteiger partial charge in [0.15, 0.2) is 13.2 Å². The fourth-order valence-corrected chi connectivity index (χ4v) is 2.80. The number of hydrogen-bond acceptors (Lipinski definition) is 4. The molecule has 0 aliphatic rings. The first kappa shape index (κ1) is 22.5. The first-order chi connectivity index (χ1) is 13.7. The molecule has 1 unspecified atom stereocenters. The smallest absolute Gasteiger partial charge is 0.344 e. The van der Waals surface area contributed by atoms with Crippen LogP contribution in [0.5, 0.6) is 5.75 Å². The van der Waals surface area contributed by atoms with Gasteiger partial charge in [-0.15, -0.1) is 0 Å². The summed E-state index contributed by atoms with van der Waals surface area (Å²) in [6.45, 7) is 7.80. The van der Waals surface area contributed by atoms with Crippen LogP contribution < -0.4 is 10.1 Å². The molecule has 0 bridgehead atoms. The highest BCUT2D eigenvalue weighted by Crippen LogP contribution is 2.24. The lowest BCUT2D eigenvalue weighted by molar-refractivity contribution is -0.150. The molecule has 0 aliphatic heterocycles. The maximum Gasteiger partial charge on any atom is 0.344 e. The van der Waals surface area contributed by atoms with Crippen molar-refractivity contribution >= 4 is 11.9 Å². The van der Waals surface area contributed by atoms with Crippen LogP contribution in [0, 0.1) is 0 Å². The molecule has 0 saturated heterocycles. The van der Waals surface area contributed by atoms with Crippen LogP contribution in [0.25, 0.3) is 0 Å². The number of amides is 1. The zero-order valence-corrected chi connectivity index (χ0v) is 17.7. The van der Waals surface area contributed by atoms with Crippen molar-refractivity contribution in [3.8, 4) is 5.75 Å². The van der Waals surface area contributed by atoms with Crippen LogP contribution in [0.15, 0.2) is 54.6 Å². The maximum absolute atomic E-state index is 11.9. The standard InChI is InChI=1S/C24H31NO4/c1-18(10-11-19-8-6-5-7-9-19)25-22(26)16-29-23(27)17-28-21-14-12-20(13-15-21)24(2,3)4/h5-9,12-15,18H,10-11,16-17H2,1-4H3,(H,25,26). The van der Waals surface area contributed by atoms with Gasteiger partial charge in [-0.3, -0.25) is 4.79 Å². The molecule has 5 heteroatoms. The highest BCUT2D eigenvalue weighted by molar-refractivity contribution is 5.81. The Kier molecular flexibility index (Phi) is 8.25.